The average molecular weight is 288 g/mol. The van der Waals surface area contributed by atoms with Gasteiger partial charge in [0.2, 0.25) is 0 Å². The largest absolute Gasteiger partial charge is 0.300 e. The van der Waals surface area contributed by atoms with Gasteiger partial charge in [0.05, 0.1) is 0 Å². The minimum Gasteiger partial charge on any atom is -0.300 e. The predicted molar refractivity (Wildman–Crippen MR) is 74.0 cm³/mol. The molecule has 1 unspecified atom stereocenters. The van der Waals surface area contributed by atoms with Crippen LogP contribution < -0.4 is 0 Å². The van der Waals surface area contributed by atoms with Crippen LogP contribution in [0, 0.1) is 0 Å². The Hall–Kier alpha value is -0.460. The van der Waals surface area contributed by atoms with E-state index in [2.05, 4.69) is 0 Å². The van der Waals surface area contributed by atoms with Crippen LogP contribution in [0.25, 0.3) is 0 Å². The minimum absolute atomic E-state index is 0.0773. The van der Waals surface area contributed by atoms with Crippen molar-refractivity contribution in [2.45, 2.75) is 57.9 Å². The van der Waals surface area contributed by atoms with E-state index in [0.717, 1.165) is 38.5 Å². The van der Waals surface area contributed by atoms with Gasteiger partial charge in [-0.1, -0.05) is 12.8 Å². The zero-order chi connectivity index (χ0) is 13.9. The van der Waals surface area contributed by atoms with Gasteiger partial charge in [0.25, 0.3) is 10.2 Å². The molecule has 0 aliphatic carbocycles. The summed E-state index contributed by atoms with van der Waals surface area (Å²) in [7, 11) is -3.37. The van der Waals surface area contributed by atoms with E-state index in [4.69, 9.17) is 0 Å². The molecular formula is C13H24N2O3S. The number of nitrogens with zero attached hydrogens (tertiary/aromatic N) is 2. The monoisotopic (exact) mass is 288 g/mol. The van der Waals surface area contributed by atoms with E-state index < -0.39 is 10.2 Å². The number of carbonyl (C=O) groups is 1. The lowest BCUT2D eigenvalue weighted by molar-refractivity contribution is -0.117. The normalized spacial score (nSPS) is 27.3. The molecule has 6 heteroatoms. The summed E-state index contributed by atoms with van der Waals surface area (Å²) in [5.74, 6) is 0.0773. The third-order valence-electron chi connectivity index (χ3n) is 4.03. The van der Waals surface area contributed by atoms with Gasteiger partial charge >= 0.3 is 0 Å². The topological polar surface area (TPSA) is 57.7 Å². The molecule has 2 heterocycles. The van der Waals surface area contributed by atoms with Crippen LogP contribution in [-0.2, 0) is 15.0 Å². The Balaban J connectivity index is 2.18. The van der Waals surface area contributed by atoms with Gasteiger partial charge in [-0.15, -0.1) is 0 Å². The van der Waals surface area contributed by atoms with E-state index in [1.165, 1.54) is 0 Å². The molecule has 0 spiro atoms. The summed E-state index contributed by atoms with van der Waals surface area (Å²) < 4.78 is 28.5. The van der Waals surface area contributed by atoms with Crippen LogP contribution in [0.4, 0.5) is 0 Å². The molecule has 0 saturated carbocycles. The van der Waals surface area contributed by atoms with Gasteiger partial charge in [0.1, 0.15) is 5.78 Å². The lowest BCUT2D eigenvalue weighted by Crippen LogP contribution is -2.48. The third-order valence-corrected chi connectivity index (χ3v) is 6.13. The maximum Gasteiger partial charge on any atom is 0.282 e. The molecule has 0 aromatic carbocycles. The van der Waals surface area contributed by atoms with Crippen molar-refractivity contribution in [2.75, 3.05) is 19.6 Å². The molecule has 1 atom stereocenters. The summed E-state index contributed by atoms with van der Waals surface area (Å²) in [5.41, 5.74) is 0. The molecule has 2 aliphatic heterocycles. The van der Waals surface area contributed by atoms with Crippen LogP contribution in [-0.4, -0.2) is 48.5 Å². The second kappa shape index (κ2) is 6.33. The molecule has 2 rings (SSSR count). The van der Waals surface area contributed by atoms with Crippen LogP contribution in [0.15, 0.2) is 0 Å². The highest BCUT2D eigenvalue weighted by atomic mass is 32.2. The maximum absolute atomic E-state index is 12.7. The van der Waals surface area contributed by atoms with E-state index in [1.807, 2.05) is 0 Å². The smallest absolute Gasteiger partial charge is 0.282 e. The first-order chi connectivity index (χ1) is 9.01. The highest BCUT2D eigenvalue weighted by Crippen LogP contribution is 2.26. The summed E-state index contributed by atoms with van der Waals surface area (Å²) in [6, 6.07) is -0.134. The van der Waals surface area contributed by atoms with E-state index in [1.54, 1.807) is 15.5 Å². The number of rotatable bonds is 4. The van der Waals surface area contributed by atoms with Crippen molar-refractivity contribution in [3.8, 4) is 0 Å². The predicted octanol–water partition coefficient (Wildman–Crippen LogP) is 1.55. The van der Waals surface area contributed by atoms with Gasteiger partial charge in [0, 0.05) is 32.1 Å². The summed E-state index contributed by atoms with van der Waals surface area (Å²) in [6.07, 6.45) is 6.04. The standard InChI is InChI=1S/C13H24N2O3S/c1-12(16)11-13-7-3-2-4-10-15(13)19(17,18)14-8-5-6-9-14/h13H,2-11H2,1H3. The number of Topliss-reactive ketones (excluding diaryl/α,β-unsaturated/α-hetero) is 1. The number of carbonyl (C=O) groups excluding carboxylic acids is 1. The fourth-order valence-corrected chi connectivity index (χ4v) is 4.99. The van der Waals surface area contributed by atoms with Crippen LogP contribution in [0.1, 0.15) is 51.9 Å². The Morgan fingerprint density at radius 2 is 1.68 bits per heavy atom. The minimum atomic E-state index is -3.37. The maximum atomic E-state index is 12.7. The first kappa shape index (κ1) is 14.9. The highest BCUT2D eigenvalue weighted by Gasteiger charge is 2.36. The molecule has 2 aliphatic rings. The Kier molecular flexibility index (Phi) is 4.97. The van der Waals surface area contributed by atoms with E-state index in [-0.39, 0.29) is 11.8 Å². The third kappa shape index (κ3) is 3.55. The summed E-state index contributed by atoms with van der Waals surface area (Å²) >= 11 is 0. The first-order valence-electron chi connectivity index (χ1n) is 7.28. The Morgan fingerprint density at radius 3 is 2.32 bits per heavy atom. The molecule has 0 aromatic rings. The fourth-order valence-electron chi connectivity index (χ4n) is 3.06. The van der Waals surface area contributed by atoms with Crippen molar-refractivity contribution < 1.29 is 13.2 Å². The second-order valence-electron chi connectivity index (χ2n) is 5.63. The van der Waals surface area contributed by atoms with Gasteiger partial charge < -0.3 is 0 Å². The zero-order valence-electron chi connectivity index (χ0n) is 11.7. The zero-order valence-corrected chi connectivity index (χ0v) is 12.5. The molecule has 0 bridgehead atoms. The summed E-state index contributed by atoms with van der Waals surface area (Å²) in [4.78, 5) is 11.4. The van der Waals surface area contributed by atoms with Crippen molar-refractivity contribution in [3.05, 3.63) is 0 Å². The molecule has 5 nitrogen and oxygen atoms in total. The van der Waals surface area contributed by atoms with Gasteiger partial charge in [-0.05, 0) is 32.6 Å². The van der Waals surface area contributed by atoms with Crippen LogP contribution in [0.3, 0.4) is 0 Å². The molecule has 0 N–H and O–H groups in total. The van der Waals surface area contributed by atoms with Crippen molar-refractivity contribution >= 4 is 16.0 Å². The lowest BCUT2D eigenvalue weighted by Gasteiger charge is -2.32. The van der Waals surface area contributed by atoms with Crippen molar-refractivity contribution in [1.82, 2.24) is 8.61 Å². The molecular weight excluding hydrogens is 264 g/mol. The number of hydrogen-bond acceptors (Lipinski definition) is 3. The molecule has 0 aromatic heterocycles. The molecule has 2 fully saturated rings. The first-order valence-corrected chi connectivity index (χ1v) is 8.68. The Morgan fingerprint density at radius 1 is 1.05 bits per heavy atom. The molecule has 0 amide bonds. The number of hydrogen-bond donors (Lipinski definition) is 0. The van der Waals surface area contributed by atoms with Crippen LogP contribution in [0.5, 0.6) is 0 Å². The fraction of sp³-hybridized carbons (Fsp3) is 0.923. The molecule has 2 saturated heterocycles. The van der Waals surface area contributed by atoms with Crippen LogP contribution in [0.2, 0.25) is 0 Å². The van der Waals surface area contributed by atoms with Gasteiger partial charge in [-0.25, -0.2) is 0 Å². The number of ketones is 1. The second-order valence-corrected chi connectivity index (χ2v) is 7.52. The van der Waals surface area contributed by atoms with Gasteiger partial charge in [0.15, 0.2) is 0 Å². The molecule has 19 heavy (non-hydrogen) atoms. The van der Waals surface area contributed by atoms with E-state index >= 15 is 0 Å². The van der Waals surface area contributed by atoms with Gasteiger partial charge in [-0.2, -0.15) is 17.0 Å². The Bertz CT molecular complexity index is 416. The van der Waals surface area contributed by atoms with E-state index in [0.29, 0.717) is 26.1 Å². The summed E-state index contributed by atoms with van der Waals surface area (Å²) in [5, 5.41) is 0. The van der Waals surface area contributed by atoms with E-state index in [9.17, 15) is 13.2 Å². The SMILES string of the molecule is CC(=O)CC1CCCCCN1S(=O)(=O)N1CCCC1. The molecule has 110 valence electrons. The van der Waals surface area contributed by atoms with Crippen molar-refractivity contribution in [2.24, 2.45) is 0 Å². The average Bonchev–Trinajstić information content (AvgIpc) is 2.77. The van der Waals surface area contributed by atoms with Crippen molar-refractivity contribution in [3.63, 3.8) is 0 Å². The molecule has 0 radical (unpaired) electrons. The summed E-state index contributed by atoms with van der Waals surface area (Å²) in [6.45, 7) is 3.37. The lowest BCUT2D eigenvalue weighted by atomic mass is 10.1. The highest BCUT2D eigenvalue weighted by molar-refractivity contribution is 7.86. The van der Waals surface area contributed by atoms with Gasteiger partial charge in [-0.3, -0.25) is 4.79 Å². The van der Waals surface area contributed by atoms with Crippen LogP contribution >= 0.6 is 0 Å². The quantitative estimate of drug-likeness (QED) is 0.788. The van der Waals surface area contributed by atoms with Crippen molar-refractivity contribution in [1.29, 1.82) is 0 Å². The Labute approximate surface area is 116 Å².